The van der Waals surface area contributed by atoms with Crippen molar-refractivity contribution < 1.29 is 4.39 Å². The number of hydrogen-bond acceptors (Lipinski definition) is 1. The first-order valence-electron chi connectivity index (χ1n) is 7.30. The summed E-state index contributed by atoms with van der Waals surface area (Å²) in [6.45, 7) is 2.89. The van der Waals surface area contributed by atoms with E-state index in [1.165, 1.54) is 30.0 Å². The molecule has 104 valence electrons. The molecule has 1 aliphatic carbocycles. The highest BCUT2D eigenvalue weighted by Crippen LogP contribution is 2.40. The molecule has 1 aliphatic rings. The molecular weight excluding hydrogens is 249 g/mol. The molecule has 0 unspecified atom stereocenters. The van der Waals surface area contributed by atoms with Gasteiger partial charge in [0.15, 0.2) is 0 Å². The van der Waals surface area contributed by atoms with Crippen molar-refractivity contribution in [3.8, 4) is 0 Å². The van der Waals surface area contributed by atoms with E-state index in [2.05, 4.69) is 36.5 Å². The topological polar surface area (TPSA) is 12.0 Å². The third-order valence-electron chi connectivity index (χ3n) is 3.96. The zero-order valence-electron chi connectivity index (χ0n) is 11.8. The Kier molecular flexibility index (Phi) is 3.83. The van der Waals surface area contributed by atoms with Crippen molar-refractivity contribution in [2.75, 3.05) is 0 Å². The van der Waals surface area contributed by atoms with Crippen LogP contribution in [0, 0.1) is 5.82 Å². The monoisotopic (exact) mass is 269 g/mol. The third kappa shape index (κ3) is 3.26. The van der Waals surface area contributed by atoms with Crippen LogP contribution >= 0.6 is 0 Å². The molecule has 2 aromatic rings. The Labute approximate surface area is 119 Å². The van der Waals surface area contributed by atoms with Gasteiger partial charge in [0.25, 0.3) is 0 Å². The number of nitrogens with one attached hydrogen (secondary N) is 1. The second kappa shape index (κ2) is 5.76. The largest absolute Gasteiger partial charge is 0.306 e. The highest BCUT2D eigenvalue weighted by atomic mass is 19.1. The first kappa shape index (κ1) is 13.3. The van der Waals surface area contributed by atoms with Gasteiger partial charge >= 0.3 is 0 Å². The molecule has 1 atom stereocenters. The lowest BCUT2D eigenvalue weighted by atomic mass is 10.1. The van der Waals surface area contributed by atoms with E-state index in [-0.39, 0.29) is 11.9 Å². The Bertz CT molecular complexity index is 589. The van der Waals surface area contributed by atoms with E-state index in [4.69, 9.17) is 0 Å². The van der Waals surface area contributed by atoms with Gasteiger partial charge in [0.2, 0.25) is 0 Å². The van der Waals surface area contributed by atoms with Crippen molar-refractivity contribution in [2.24, 2.45) is 0 Å². The van der Waals surface area contributed by atoms with Crippen molar-refractivity contribution in [3.05, 3.63) is 71.0 Å². The fourth-order valence-electron chi connectivity index (χ4n) is 2.54. The van der Waals surface area contributed by atoms with Crippen molar-refractivity contribution in [1.29, 1.82) is 0 Å². The van der Waals surface area contributed by atoms with Gasteiger partial charge in [-0.25, -0.2) is 4.39 Å². The molecule has 1 fully saturated rings. The van der Waals surface area contributed by atoms with Crippen molar-refractivity contribution in [3.63, 3.8) is 0 Å². The molecule has 0 aliphatic heterocycles. The molecule has 0 aromatic heterocycles. The van der Waals surface area contributed by atoms with Crippen LogP contribution in [-0.4, -0.2) is 0 Å². The number of hydrogen-bond donors (Lipinski definition) is 1. The molecule has 0 amide bonds. The lowest BCUT2D eigenvalue weighted by Gasteiger charge is -2.15. The van der Waals surface area contributed by atoms with Crippen molar-refractivity contribution in [1.82, 2.24) is 5.32 Å². The van der Waals surface area contributed by atoms with Crippen LogP contribution in [0.3, 0.4) is 0 Å². The van der Waals surface area contributed by atoms with E-state index in [9.17, 15) is 4.39 Å². The highest BCUT2D eigenvalue weighted by molar-refractivity contribution is 5.29. The fourth-order valence-corrected chi connectivity index (χ4v) is 2.54. The van der Waals surface area contributed by atoms with Crippen LogP contribution in [0.25, 0.3) is 0 Å². The summed E-state index contributed by atoms with van der Waals surface area (Å²) >= 11 is 0. The minimum absolute atomic E-state index is 0.148. The van der Waals surface area contributed by atoms with Crippen LogP contribution in [0.1, 0.15) is 48.4 Å². The molecule has 1 saturated carbocycles. The van der Waals surface area contributed by atoms with Gasteiger partial charge in [-0.3, -0.25) is 0 Å². The normalized spacial score (nSPS) is 16.1. The molecule has 2 aromatic carbocycles. The minimum Gasteiger partial charge on any atom is -0.306 e. The molecule has 0 saturated heterocycles. The first-order valence-corrected chi connectivity index (χ1v) is 7.30. The summed E-state index contributed by atoms with van der Waals surface area (Å²) in [5.41, 5.74) is 3.75. The Morgan fingerprint density at radius 3 is 2.70 bits per heavy atom. The standard InChI is InChI=1S/C18H20FN/c1-13(16-5-3-7-18(19)11-16)20-12-14-4-2-6-17(10-14)15-8-9-15/h2-7,10-11,13,15,20H,8-9,12H2,1H3/t13-/m1/s1. The smallest absolute Gasteiger partial charge is 0.123 e. The van der Waals surface area contributed by atoms with Crippen LogP contribution in [0.15, 0.2) is 48.5 Å². The predicted molar refractivity (Wildman–Crippen MR) is 80.1 cm³/mol. The van der Waals surface area contributed by atoms with E-state index in [1.807, 2.05) is 6.07 Å². The molecule has 0 spiro atoms. The van der Waals surface area contributed by atoms with Gasteiger partial charge < -0.3 is 5.32 Å². The molecule has 0 radical (unpaired) electrons. The number of rotatable bonds is 5. The SMILES string of the molecule is C[C@@H](NCc1cccc(C2CC2)c1)c1cccc(F)c1. The van der Waals surface area contributed by atoms with Crippen LogP contribution in [-0.2, 0) is 6.54 Å². The maximum Gasteiger partial charge on any atom is 0.123 e. The molecule has 0 heterocycles. The fraction of sp³-hybridized carbons (Fsp3) is 0.333. The summed E-state index contributed by atoms with van der Waals surface area (Å²) < 4.78 is 13.2. The molecule has 20 heavy (non-hydrogen) atoms. The lowest BCUT2D eigenvalue weighted by molar-refractivity contribution is 0.565. The van der Waals surface area contributed by atoms with Gasteiger partial charge in [0, 0.05) is 12.6 Å². The third-order valence-corrected chi connectivity index (χ3v) is 3.96. The van der Waals surface area contributed by atoms with E-state index in [0.29, 0.717) is 0 Å². The zero-order valence-corrected chi connectivity index (χ0v) is 11.8. The van der Waals surface area contributed by atoms with Gasteiger partial charge in [-0.05, 0) is 54.5 Å². The van der Waals surface area contributed by atoms with Gasteiger partial charge in [0.05, 0.1) is 0 Å². The summed E-state index contributed by atoms with van der Waals surface area (Å²) in [6, 6.07) is 15.7. The second-order valence-electron chi connectivity index (χ2n) is 5.68. The van der Waals surface area contributed by atoms with E-state index < -0.39 is 0 Å². The van der Waals surface area contributed by atoms with Gasteiger partial charge in [0.1, 0.15) is 5.82 Å². The summed E-state index contributed by atoms with van der Waals surface area (Å²) in [5, 5.41) is 3.46. The highest BCUT2D eigenvalue weighted by Gasteiger charge is 2.23. The minimum atomic E-state index is -0.174. The van der Waals surface area contributed by atoms with Crippen LogP contribution < -0.4 is 5.32 Å². The van der Waals surface area contributed by atoms with E-state index >= 15 is 0 Å². The summed E-state index contributed by atoms with van der Waals surface area (Å²) in [7, 11) is 0. The summed E-state index contributed by atoms with van der Waals surface area (Å²) in [4.78, 5) is 0. The van der Waals surface area contributed by atoms with E-state index in [0.717, 1.165) is 18.0 Å². The van der Waals surface area contributed by atoms with Crippen molar-refractivity contribution in [2.45, 2.75) is 38.3 Å². The Balaban J connectivity index is 1.62. The van der Waals surface area contributed by atoms with Gasteiger partial charge in [-0.15, -0.1) is 0 Å². The Morgan fingerprint density at radius 2 is 1.95 bits per heavy atom. The van der Waals surface area contributed by atoms with Crippen molar-refractivity contribution >= 4 is 0 Å². The number of benzene rings is 2. The van der Waals surface area contributed by atoms with E-state index in [1.54, 1.807) is 12.1 Å². The van der Waals surface area contributed by atoms with Gasteiger partial charge in [-0.2, -0.15) is 0 Å². The van der Waals surface area contributed by atoms with Gasteiger partial charge in [-0.1, -0.05) is 36.4 Å². The van der Waals surface area contributed by atoms with Crippen LogP contribution in [0.2, 0.25) is 0 Å². The molecular formula is C18H20FN. The number of halogens is 1. The molecule has 1 nitrogen and oxygen atoms in total. The maximum atomic E-state index is 13.2. The Morgan fingerprint density at radius 1 is 1.15 bits per heavy atom. The molecule has 1 N–H and O–H groups in total. The molecule has 3 rings (SSSR count). The van der Waals surface area contributed by atoms with Crippen LogP contribution in [0.4, 0.5) is 4.39 Å². The maximum absolute atomic E-state index is 13.2. The first-order chi connectivity index (χ1) is 9.72. The zero-order chi connectivity index (χ0) is 13.9. The predicted octanol–water partition coefficient (Wildman–Crippen LogP) is 4.55. The summed E-state index contributed by atoms with van der Waals surface area (Å²) in [5.74, 6) is 0.613. The lowest BCUT2D eigenvalue weighted by Crippen LogP contribution is -2.18. The Hall–Kier alpha value is -1.67. The molecule has 2 heteroatoms. The van der Waals surface area contributed by atoms with Crippen LogP contribution in [0.5, 0.6) is 0 Å². The second-order valence-corrected chi connectivity index (χ2v) is 5.68. The quantitative estimate of drug-likeness (QED) is 0.839. The summed E-state index contributed by atoms with van der Waals surface area (Å²) in [6.07, 6.45) is 2.66. The average Bonchev–Trinajstić information content (AvgIpc) is 3.30. The average molecular weight is 269 g/mol. The molecule has 0 bridgehead atoms.